The molecule has 1 aliphatic carbocycles. The predicted octanol–water partition coefficient (Wildman–Crippen LogP) is 3.62. The second-order valence-electron chi connectivity index (χ2n) is 9.03. The molecule has 1 spiro atoms. The molecule has 1 saturated carbocycles. The van der Waals surface area contributed by atoms with Crippen LogP contribution in [0.4, 0.5) is 0 Å². The van der Waals surface area contributed by atoms with E-state index in [2.05, 4.69) is 37.3 Å². The van der Waals surface area contributed by atoms with Crippen LogP contribution in [0.5, 0.6) is 11.8 Å². The predicted molar refractivity (Wildman–Crippen MR) is 125 cm³/mol. The molecule has 1 amide bonds. The summed E-state index contributed by atoms with van der Waals surface area (Å²) < 4.78 is 5.67. The molecular formula is C26H29N5O2. The van der Waals surface area contributed by atoms with E-state index >= 15 is 0 Å². The van der Waals surface area contributed by atoms with Gasteiger partial charge in [-0.1, -0.05) is 18.2 Å². The summed E-state index contributed by atoms with van der Waals surface area (Å²) in [6.07, 6.45) is 9.12. The Kier molecular flexibility index (Phi) is 6.30. The van der Waals surface area contributed by atoms with Crippen LogP contribution in [0.1, 0.15) is 30.5 Å². The van der Waals surface area contributed by atoms with E-state index in [1.807, 2.05) is 30.3 Å². The summed E-state index contributed by atoms with van der Waals surface area (Å²) in [6, 6.07) is 16.1. The third-order valence-corrected chi connectivity index (χ3v) is 6.85. The number of nitrogens with one attached hydrogen (secondary N) is 1. The summed E-state index contributed by atoms with van der Waals surface area (Å²) >= 11 is 0. The molecule has 7 heteroatoms. The molecule has 0 unspecified atom stereocenters. The zero-order valence-corrected chi connectivity index (χ0v) is 18.7. The van der Waals surface area contributed by atoms with Gasteiger partial charge in [0.2, 0.25) is 5.91 Å². The fraction of sp³-hybridized carbons (Fsp3) is 0.385. The first kappa shape index (κ1) is 21.5. The second kappa shape index (κ2) is 9.67. The molecule has 1 saturated heterocycles. The topological polar surface area (TPSA) is 80.2 Å². The molecule has 3 heterocycles. The van der Waals surface area contributed by atoms with Gasteiger partial charge in [-0.25, -0.2) is 9.97 Å². The van der Waals surface area contributed by atoms with Gasteiger partial charge in [0.15, 0.2) is 0 Å². The lowest BCUT2D eigenvalue weighted by Gasteiger charge is -2.32. The quantitative estimate of drug-likeness (QED) is 0.573. The minimum absolute atomic E-state index is 0.181. The minimum atomic E-state index is 0.181. The molecule has 1 aliphatic heterocycles. The number of hydrogen-bond donors (Lipinski definition) is 1. The SMILES string of the molecule is O=C(NCCc1ccccn1)[C@H]1CC12CCN(Cc1ccc(Oc3ncccn3)cc1)CC2. The Bertz CT molecular complexity index is 1050. The van der Waals surface area contributed by atoms with Crippen molar-refractivity contribution in [2.75, 3.05) is 19.6 Å². The Morgan fingerprint density at radius 2 is 1.76 bits per heavy atom. The highest BCUT2D eigenvalue weighted by Crippen LogP contribution is 2.59. The van der Waals surface area contributed by atoms with Crippen molar-refractivity contribution in [2.45, 2.75) is 32.2 Å². The van der Waals surface area contributed by atoms with Gasteiger partial charge in [-0.05, 0) is 73.7 Å². The first-order valence-corrected chi connectivity index (χ1v) is 11.6. The van der Waals surface area contributed by atoms with Crippen molar-refractivity contribution in [3.63, 3.8) is 0 Å². The van der Waals surface area contributed by atoms with Crippen LogP contribution >= 0.6 is 0 Å². The summed E-state index contributed by atoms with van der Waals surface area (Å²) in [4.78, 5) is 27.6. The zero-order chi connectivity index (χ0) is 22.5. The number of carbonyl (C=O) groups excluding carboxylic acids is 1. The van der Waals surface area contributed by atoms with Gasteiger partial charge < -0.3 is 10.1 Å². The zero-order valence-electron chi connectivity index (χ0n) is 18.7. The minimum Gasteiger partial charge on any atom is -0.424 e. The van der Waals surface area contributed by atoms with Crippen molar-refractivity contribution in [1.82, 2.24) is 25.2 Å². The van der Waals surface area contributed by atoms with Gasteiger partial charge in [0.1, 0.15) is 5.75 Å². The fourth-order valence-electron chi connectivity index (χ4n) is 4.78. The van der Waals surface area contributed by atoms with Gasteiger partial charge in [0.25, 0.3) is 0 Å². The van der Waals surface area contributed by atoms with Crippen molar-refractivity contribution in [1.29, 1.82) is 0 Å². The summed E-state index contributed by atoms with van der Waals surface area (Å²) in [7, 11) is 0. The molecule has 1 N–H and O–H groups in total. The molecule has 33 heavy (non-hydrogen) atoms. The number of ether oxygens (including phenoxy) is 1. The van der Waals surface area contributed by atoms with Gasteiger partial charge in [-0.15, -0.1) is 0 Å². The number of pyridine rings is 1. The number of hydrogen-bond acceptors (Lipinski definition) is 6. The smallest absolute Gasteiger partial charge is 0.321 e. The number of amides is 1. The molecule has 0 bridgehead atoms. The van der Waals surface area contributed by atoms with Crippen LogP contribution in [0.3, 0.4) is 0 Å². The monoisotopic (exact) mass is 443 g/mol. The van der Waals surface area contributed by atoms with Gasteiger partial charge in [-0.3, -0.25) is 14.7 Å². The fourth-order valence-corrected chi connectivity index (χ4v) is 4.78. The van der Waals surface area contributed by atoms with Crippen molar-refractivity contribution >= 4 is 5.91 Å². The lowest BCUT2D eigenvalue weighted by atomic mass is 9.90. The first-order chi connectivity index (χ1) is 16.2. The Morgan fingerprint density at radius 3 is 2.48 bits per heavy atom. The van der Waals surface area contributed by atoms with Crippen molar-refractivity contribution in [3.05, 3.63) is 78.4 Å². The number of likely N-dealkylation sites (tertiary alicyclic amines) is 1. The molecule has 1 atom stereocenters. The number of piperidine rings is 1. The van der Waals surface area contributed by atoms with Crippen molar-refractivity contribution < 1.29 is 9.53 Å². The Labute approximate surface area is 194 Å². The maximum atomic E-state index is 12.6. The Balaban J connectivity index is 1.05. The number of rotatable bonds is 8. The molecule has 170 valence electrons. The number of carbonyl (C=O) groups is 1. The lowest BCUT2D eigenvalue weighted by Crippen LogP contribution is -2.37. The third kappa shape index (κ3) is 5.37. The molecule has 2 fully saturated rings. The normalized spacial score (nSPS) is 19.2. The van der Waals surface area contributed by atoms with E-state index in [0.717, 1.165) is 56.8 Å². The molecule has 3 aromatic rings. The van der Waals surface area contributed by atoms with Crippen molar-refractivity contribution in [3.8, 4) is 11.8 Å². The summed E-state index contributed by atoms with van der Waals surface area (Å²) in [6.45, 7) is 3.64. The van der Waals surface area contributed by atoms with Gasteiger partial charge in [-0.2, -0.15) is 0 Å². The Morgan fingerprint density at radius 1 is 1.00 bits per heavy atom. The van der Waals surface area contributed by atoms with Crippen molar-refractivity contribution in [2.24, 2.45) is 11.3 Å². The number of benzene rings is 1. The van der Waals surface area contributed by atoms with Crippen LogP contribution in [0.2, 0.25) is 0 Å². The molecule has 2 aromatic heterocycles. The summed E-state index contributed by atoms with van der Waals surface area (Å²) in [5.74, 6) is 1.13. The van der Waals surface area contributed by atoms with Crippen LogP contribution in [-0.2, 0) is 17.8 Å². The summed E-state index contributed by atoms with van der Waals surface area (Å²) in [5.41, 5.74) is 2.50. The third-order valence-electron chi connectivity index (χ3n) is 6.85. The van der Waals surface area contributed by atoms with E-state index in [9.17, 15) is 4.79 Å². The van der Waals surface area contributed by atoms with E-state index in [0.29, 0.717) is 12.6 Å². The van der Waals surface area contributed by atoms with E-state index in [-0.39, 0.29) is 17.2 Å². The van der Waals surface area contributed by atoms with E-state index in [4.69, 9.17) is 4.74 Å². The summed E-state index contributed by atoms with van der Waals surface area (Å²) in [5, 5.41) is 3.13. The van der Waals surface area contributed by atoms with Crippen LogP contribution < -0.4 is 10.1 Å². The van der Waals surface area contributed by atoms with Crippen LogP contribution in [0, 0.1) is 11.3 Å². The van der Waals surface area contributed by atoms with E-state index in [1.165, 1.54) is 5.56 Å². The number of aromatic nitrogens is 3. The van der Waals surface area contributed by atoms with Gasteiger partial charge in [0.05, 0.1) is 0 Å². The highest BCUT2D eigenvalue weighted by Gasteiger charge is 2.58. The van der Waals surface area contributed by atoms with Crippen LogP contribution in [0.25, 0.3) is 0 Å². The average Bonchev–Trinajstić information content (AvgIpc) is 3.57. The highest BCUT2D eigenvalue weighted by atomic mass is 16.5. The van der Waals surface area contributed by atoms with E-state index < -0.39 is 0 Å². The second-order valence-corrected chi connectivity index (χ2v) is 9.03. The first-order valence-electron chi connectivity index (χ1n) is 11.6. The standard InChI is InChI=1S/C26H29N5O2/c32-24(28-15-9-21-4-1-2-12-27-21)23-18-26(23)10-16-31(17-11-26)19-20-5-7-22(8-6-20)33-25-29-13-3-14-30-25/h1-8,12-14,23H,9-11,15-19H2,(H,28,32)/t23-/m1/s1. The Hall–Kier alpha value is -3.32. The lowest BCUT2D eigenvalue weighted by molar-refractivity contribution is -0.123. The molecular weight excluding hydrogens is 414 g/mol. The van der Waals surface area contributed by atoms with Crippen LogP contribution in [-0.4, -0.2) is 45.4 Å². The molecule has 1 aromatic carbocycles. The molecule has 2 aliphatic rings. The van der Waals surface area contributed by atoms with Gasteiger partial charge >= 0.3 is 6.01 Å². The molecule has 0 radical (unpaired) electrons. The maximum Gasteiger partial charge on any atom is 0.321 e. The number of nitrogens with zero attached hydrogens (tertiary/aromatic N) is 4. The van der Waals surface area contributed by atoms with Crippen LogP contribution in [0.15, 0.2) is 67.1 Å². The largest absolute Gasteiger partial charge is 0.424 e. The highest BCUT2D eigenvalue weighted by molar-refractivity contribution is 5.82. The van der Waals surface area contributed by atoms with E-state index in [1.54, 1.807) is 24.7 Å². The maximum absolute atomic E-state index is 12.6. The average molecular weight is 444 g/mol. The molecule has 7 nitrogen and oxygen atoms in total. The van der Waals surface area contributed by atoms with Gasteiger partial charge in [0, 0.05) is 49.7 Å². The molecule has 5 rings (SSSR count).